The fourth-order valence-corrected chi connectivity index (χ4v) is 2.51. The summed E-state index contributed by atoms with van der Waals surface area (Å²) in [5.74, 6) is 0. The molecule has 0 saturated carbocycles. The predicted octanol–water partition coefficient (Wildman–Crippen LogP) is 1.70. The molecule has 0 unspecified atom stereocenters. The molecule has 2 heterocycles. The van der Waals surface area contributed by atoms with Crippen LogP contribution >= 0.6 is 11.3 Å². The Balaban J connectivity index is 2.53. The van der Waals surface area contributed by atoms with Crippen molar-refractivity contribution < 1.29 is 4.79 Å². The van der Waals surface area contributed by atoms with Crippen molar-refractivity contribution in [3.8, 4) is 0 Å². The van der Waals surface area contributed by atoms with Gasteiger partial charge < -0.3 is 4.40 Å². The van der Waals surface area contributed by atoms with E-state index in [2.05, 4.69) is 28.8 Å². The van der Waals surface area contributed by atoms with E-state index in [9.17, 15) is 4.79 Å². The van der Waals surface area contributed by atoms with Crippen molar-refractivity contribution in [1.82, 2.24) is 9.83 Å². The minimum atomic E-state index is 0.556. The number of rotatable bonds is 3. The average molecular weight is 221 g/mol. The van der Waals surface area contributed by atoms with Crippen molar-refractivity contribution in [2.45, 2.75) is 13.8 Å². The number of nitrogens with zero attached hydrogens (tertiary/aromatic N) is 2. The number of hydrogen-bond donors (Lipinski definition) is 1. The molecule has 1 amide bonds. The van der Waals surface area contributed by atoms with E-state index in [0.717, 1.165) is 10.4 Å². The molecule has 78 valence electrons. The van der Waals surface area contributed by atoms with E-state index in [1.165, 1.54) is 11.3 Å². The summed E-state index contributed by atoms with van der Waals surface area (Å²) in [6.07, 6.45) is 4.27. The Morgan fingerprint density at radius 2 is 2.33 bits per heavy atom. The third-order valence-electron chi connectivity index (χ3n) is 2.47. The monoisotopic (exact) mass is 221 g/mol. The highest BCUT2D eigenvalue weighted by Crippen LogP contribution is 2.24. The average Bonchev–Trinajstić information content (AvgIpc) is 2.77. The summed E-state index contributed by atoms with van der Waals surface area (Å²) in [4.78, 5) is 11.2. The number of hydrogen-bond acceptors (Lipinski definition) is 3. The maximum absolute atomic E-state index is 10.1. The van der Waals surface area contributed by atoms with E-state index in [1.54, 1.807) is 17.6 Å². The summed E-state index contributed by atoms with van der Waals surface area (Å²) < 4.78 is 2.13. The zero-order chi connectivity index (χ0) is 10.8. The third kappa shape index (κ3) is 1.55. The molecule has 0 radical (unpaired) electrons. The van der Waals surface area contributed by atoms with Crippen molar-refractivity contribution in [2.75, 3.05) is 0 Å². The van der Waals surface area contributed by atoms with E-state index < -0.39 is 0 Å². The smallest absolute Gasteiger partial charge is 0.227 e. The molecule has 0 fully saturated rings. The Morgan fingerprint density at radius 1 is 1.53 bits per heavy atom. The largest absolute Gasteiger partial charge is 0.311 e. The highest BCUT2D eigenvalue weighted by molar-refractivity contribution is 7.16. The number of nitrogens with one attached hydrogen (secondary N) is 1. The number of aromatic nitrogens is 1. The SMILES string of the molecule is Cc1c(/C=N\NC=O)c2sccn2c1C. The van der Waals surface area contributed by atoms with Gasteiger partial charge in [-0.05, 0) is 19.4 Å². The Morgan fingerprint density at radius 3 is 3.07 bits per heavy atom. The van der Waals surface area contributed by atoms with Gasteiger partial charge in [0.15, 0.2) is 0 Å². The quantitative estimate of drug-likeness (QED) is 0.478. The van der Waals surface area contributed by atoms with Gasteiger partial charge in [0.25, 0.3) is 0 Å². The van der Waals surface area contributed by atoms with E-state index in [0.29, 0.717) is 6.41 Å². The lowest BCUT2D eigenvalue weighted by Gasteiger charge is -1.91. The van der Waals surface area contributed by atoms with Gasteiger partial charge in [-0.3, -0.25) is 4.79 Å². The van der Waals surface area contributed by atoms with Gasteiger partial charge in [0.2, 0.25) is 6.41 Å². The molecule has 2 rings (SSSR count). The molecule has 5 heteroatoms. The Kier molecular flexibility index (Phi) is 2.55. The van der Waals surface area contributed by atoms with Crippen LogP contribution in [0.5, 0.6) is 0 Å². The molecule has 0 saturated heterocycles. The van der Waals surface area contributed by atoms with E-state index in [4.69, 9.17) is 0 Å². The fraction of sp³-hybridized carbons (Fsp3) is 0.200. The molecule has 2 aromatic rings. The van der Waals surface area contributed by atoms with Crippen LogP contribution in [0, 0.1) is 13.8 Å². The van der Waals surface area contributed by atoms with Gasteiger partial charge in [-0.25, -0.2) is 5.43 Å². The molecule has 0 spiro atoms. The first-order chi connectivity index (χ1) is 7.25. The normalized spacial score (nSPS) is 11.3. The zero-order valence-corrected chi connectivity index (χ0v) is 9.34. The highest BCUT2D eigenvalue weighted by Gasteiger charge is 2.10. The third-order valence-corrected chi connectivity index (χ3v) is 3.37. The van der Waals surface area contributed by atoms with Gasteiger partial charge in [-0.2, -0.15) is 5.10 Å². The predicted molar refractivity (Wildman–Crippen MR) is 61.5 cm³/mol. The number of carbonyl (C=O) groups excluding carboxylic acids is 1. The van der Waals surface area contributed by atoms with Gasteiger partial charge in [0, 0.05) is 22.8 Å². The molecule has 0 aliphatic rings. The zero-order valence-electron chi connectivity index (χ0n) is 8.52. The second-order valence-electron chi connectivity index (χ2n) is 3.21. The molecule has 0 aliphatic heterocycles. The first kappa shape index (κ1) is 9.92. The van der Waals surface area contributed by atoms with Crippen LogP contribution in [0.2, 0.25) is 0 Å². The van der Waals surface area contributed by atoms with Crippen molar-refractivity contribution in [3.63, 3.8) is 0 Å². The summed E-state index contributed by atoms with van der Waals surface area (Å²) in [7, 11) is 0. The van der Waals surface area contributed by atoms with Gasteiger partial charge in [-0.15, -0.1) is 11.3 Å². The van der Waals surface area contributed by atoms with Gasteiger partial charge in [0.1, 0.15) is 4.83 Å². The standard InChI is InChI=1S/C10H11N3OS/c1-7-8(2)13-3-4-15-10(13)9(7)5-11-12-6-14/h3-6H,1-2H3,(H,12,14)/b11-5-. The first-order valence-electron chi connectivity index (χ1n) is 4.52. The topological polar surface area (TPSA) is 45.9 Å². The van der Waals surface area contributed by atoms with E-state index in [-0.39, 0.29) is 0 Å². The Labute approximate surface area is 91.2 Å². The lowest BCUT2D eigenvalue weighted by atomic mass is 10.2. The van der Waals surface area contributed by atoms with E-state index >= 15 is 0 Å². The summed E-state index contributed by atoms with van der Waals surface area (Å²) in [5.41, 5.74) is 5.74. The lowest BCUT2D eigenvalue weighted by molar-refractivity contribution is -0.109. The van der Waals surface area contributed by atoms with Crippen molar-refractivity contribution in [1.29, 1.82) is 0 Å². The van der Waals surface area contributed by atoms with Gasteiger partial charge in [0.05, 0.1) is 6.21 Å². The number of hydrazone groups is 1. The van der Waals surface area contributed by atoms with Crippen LogP contribution in [0.4, 0.5) is 0 Å². The number of fused-ring (bicyclic) bond motifs is 1. The van der Waals surface area contributed by atoms with Crippen molar-refractivity contribution in [3.05, 3.63) is 28.4 Å². The molecular weight excluding hydrogens is 210 g/mol. The lowest BCUT2D eigenvalue weighted by Crippen LogP contribution is -2.00. The minimum absolute atomic E-state index is 0.556. The van der Waals surface area contributed by atoms with Crippen LogP contribution in [0.3, 0.4) is 0 Å². The van der Waals surface area contributed by atoms with Crippen LogP contribution in [-0.2, 0) is 4.79 Å². The van der Waals surface area contributed by atoms with E-state index in [1.807, 2.05) is 11.6 Å². The van der Waals surface area contributed by atoms with Crippen LogP contribution in [0.1, 0.15) is 16.8 Å². The second-order valence-corrected chi connectivity index (χ2v) is 4.10. The molecule has 15 heavy (non-hydrogen) atoms. The van der Waals surface area contributed by atoms with Gasteiger partial charge >= 0.3 is 0 Å². The van der Waals surface area contributed by atoms with Crippen LogP contribution < -0.4 is 5.43 Å². The molecule has 0 atom stereocenters. The molecule has 4 nitrogen and oxygen atoms in total. The summed E-state index contributed by atoms with van der Waals surface area (Å²) >= 11 is 1.66. The number of amides is 1. The molecule has 0 aliphatic carbocycles. The van der Waals surface area contributed by atoms with Crippen LogP contribution in [-0.4, -0.2) is 17.0 Å². The molecular formula is C10H11N3OS. The van der Waals surface area contributed by atoms with Crippen molar-refractivity contribution >= 4 is 28.8 Å². The molecule has 0 aromatic carbocycles. The number of carbonyl (C=O) groups is 1. The summed E-state index contributed by atoms with van der Waals surface area (Å²) in [6.45, 7) is 4.12. The van der Waals surface area contributed by atoms with Gasteiger partial charge in [-0.1, -0.05) is 0 Å². The summed E-state index contributed by atoms with van der Waals surface area (Å²) in [5, 5.41) is 5.85. The Bertz CT molecular complexity index is 524. The van der Waals surface area contributed by atoms with Crippen LogP contribution in [0.15, 0.2) is 16.7 Å². The maximum atomic E-state index is 10.1. The minimum Gasteiger partial charge on any atom is -0.311 e. The number of aryl methyl sites for hydroxylation is 1. The fourth-order valence-electron chi connectivity index (χ4n) is 1.56. The molecule has 2 aromatic heterocycles. The van der Waals surface area contributed by atoms with Crippen molar-refractivity contribution in [2.24, 2.45) is 5.10 Å². The van der Waals surface area contributed by atoms with Crippen LogP contribution in [0.25, 0.3) is 4.83 Å². The maximum Gasteiger partial charge on any atom is 0.227 e. The molecule has 0 bridgehead atoms. The first-order valence-corrected chi connectivity index (χ1v) is 5.40. The Hall–Kier alpha value is -1.62. The second kappa shape index (κ2) is 3.86. The molecule has 1 N–H and O–H groups in total. The summed E-state index contributed by atoms with van der Waals surface area (Å²) in [6, 6.07) is 0. The number of thiazole rings is 1. The highest BCUT2D eigenvalue weighted by atomic mass is 32.1.